The Bertz CT molecular complexity index is 1760. The molecule has 0 radical (unpaired) electrons. The molecule has 4 aromatic rings. The molecule has 0 saturated carbocycles. The standard InChI is InChI=1S/C20H15N3O10S3/c21-14-9-12(35(26,27)28)7-11-8-16(34-33-32-25)18(19(24)17(11)14)23-22-15-6-5-10-3-1-2-4-13(10)20(15)36(29,30)31/h1-9,24-25H,21H2,(H,26,27,28)(H,29,30,31). The number of rotatable bonds is 7. The molecule has 0 aliphatic heterocycles. The minimum Gasteiger partial charge on any atom is -0.505 e. The lowest BCUT2D eigenvalue weighted by molar-refractivity contribution is -0.432. The maximum Gasteiger partial charge on any atom is 0.297 e. The molecule has 6 N–H and O–H groups in total. The number of azo groups is 1. The Kier molecular flexibility index (Phi) is 6.86. The number of hydrogen-bond donors (Lipinski definition) is 5. The van der Waals surface area contributed by atoms with Crippen molar-refractivity contribution in [3.05, 3.63) is 54.6 Å². The molecule has 13 nitrogen and oxygen atoms in total. The van der Waals surface area contributed by atoms with Gasteiger partial charge in [-0.05, 0) is 35.0 Å². The van der Waals surface area contributed by atoms with Gasteiger partial charge in [-0.1, -0.05) is 35.4 Å². The van der Waals surface area contributed by atoms with Crippen LogP contribution in [0.5, 0.6) is 5.75 Å². The molecule has 36 heavy (non-hydrogen) atoms. The van der Waals surface area contributed by atoms with Gasteiger partial charge in [0, 0.05) is 16.5 Å². The summed E-state index contributed by atoms with van der Waals surface area (Å²) in [4.78, 5) is -1.16. The van der Waals surface area contributed by atoms with Crippen LogP contribution in [0.3, 0.4) is 0 Å². The number of nitrogens with two attached hydrogens (primary N) is 1. The van der Waals surface area contributed by atoms with Gasteiger partial charge in [0.1, 0.15) is 16.3 Å². The van der Waals surface area contributed by atoms with Crippen molar-refractivity contribution in [3.8, 4) is 5.75 Å². The van der Waals surface area contributed by atoms with Gasteiger partial charge in [0.25, 0.3) is 20.2 Å². The summed E-state index contributed by atoms with van der Waals surface area (Å²) in [5.41, 5.74) is 5.07. The Hall–Kier alpha value is -3.35. The third kappa shape index (κ3) is 4.97. The molecule has 0 heterocycles. The van der Waals surface area contributed by atoms with Crippen molar-refractivity contribution in [2.45, 2.75) is 14.7 Å². The molecule has 0 bridgehead atoms. The predicted molar refractivity (Wildman–Crippen MR) is 128 cm³/mol. The molecule has 4 rings (SSSR count). The van der Waals surface area contributed by atoms with E-state index in [-0.39, 0.29) is 38.1 Å². The molecular formula is C20H15N3O10S3. The van der Waals surface area contributed by atoms with E-state index in [9.17, 15) is 31.0 Å². The zero-order valence-electron chi connectivity index (χ0n) is 17.6. The average molecular weight is 554 g/mol. The van der Waals surface area contributed by atoms with Gasteiger partial charge in [-0.2, -0.15) is 16.8 Å². The van der Waals surface area contributed by atoms with Gasteiger partial charge in [-0.15, -0.1) is 14.6 Å². The van der Waals surface area contributed by atoms with E-state index in [1.165, 1.54) is 18.2 Å². The van der Waals surface area contributed by atoms with Crippen LogP contribution in [0, 0.1) is 0 Å². The first-order valence-corrected chi connectivity index (χ1v) is 13.2. The van der Waals surface area contributed by atoms with Crippen LogP contribution in [-0.4, -0.2) is 36.3 Å². The quantitative estimate of drug-likeness (QED) is 0.0528. The fourth-order valence-electron chi connectivity index (χ4n) is 3.54. The molecule has 0 fully saturated rings. The van der Waals surface area contributed by atoms with E-state index in [4.69, 9.17) is 11.0 Å². The van der Waals surface area contributed by atoms with Crippen molar-refractivity contribution in [1.29, 1.82) is 0 Å². The zero-order valence-corrected chi connectivity index (χ0v) is 20.1. The normalized spacial score (nSPS) is 12.6. The molecule has 188 valence electrons. The molecule has 0 spiro atoms. The maximum absolute atomic E-state index is 12.1. The first-order valence-electron chi connectivity index (χ1n) is 9.54. The number of phenols is 1. The Morgan fingerprint density at radius 3 is 2.28 bits per heavy atom. The first-order chi connectivity index (χ1) is 16.9. The number of aromatic hydroxyl groups is 1. The minimum atomic E-state index is -4.76. The lowest BCUT2D eigenvalue weighted by atomic mass is 10.1. The summed E-state index contributed by atoms with van der Waals surface area (Å²) >= 11 is 0.336. The van der Waals surface area contributed by atoms with Gasteiger partial charge in [-0.3, -0.25) is 9.11 Å². The highest BCUT2D eigenvalue weighted by molar-refractivity contribution is 7.94. The SMILES string of the molecule is Nc1cc(S(=O)(=O)O)cc2cc(SOOO)c(N=Nc3ccc4ccccc4c3S(=O)(=O)O)c(O)c12. The summed E-state index contributed by atoms with van der Waals surface area (Å²) < 4.78 is 71.0. The van der Waals surface area contributed by atoms with Crippen LogP contribution < -0.4 is 5.73 Å². The Morgan fingerprint density at radius 2 is 1.61 bits per heavy atom. The third-order valence-electron chi connectivity index (χ3n) is 4.98. The van der Waals surface area contributed by atoms with Gasteiger partial charge >= 0.3 is 0 Å². The average Bonchev–Trinajstić information content (AvgIpc) is 2.80. The third-order valence-corrected chi connectivity index (χ3v) is 7.38. The smallest absolute Gasteiger partial charge is 0.297 e. The van der Waals surface area contributed by atoms with Crippen LogP contribution in [0.4, 0.5) is 17.1 Å². The summed E-state index contributed by atoms with van der Waals surface area (Å²) in [7, 11) is -9.40. The number of anilines is 1. The second kappa shape index (κ2) is 9.60. The maximum atomic E-state index is 12.1. The largest absolute Gasteiger partial charge is 0.505 e. The highest BCUT2D eigenvalue weighted by Crippen LogP contribution is 2.46. The number of hydrogen-bond acceptors (Lipinski definition) is 12. The Labute approximate surface area is 207 Å². The molecule has 0 aromatic heterocycles. The van der Waals surface area contributed by atoms with Crippen molar-refractivity contribution < 1.29 is 45.7 Å². The summed E-state index contributed by atoms with van der Waals surface area (Å²) in [6, 6.07) is 12.3. The highest BCUT2D eigenvalue weighted by Gasteiger charge is 2.22. The first kappa shape index (κ1) is 25.7. The van der Waals surface area contributed by atoms with Crippen molar-refractivity contribution >= 4 is 70.9 Å². The lowest BCUT2D eigenvalue weighted by Crippen LogP contribution is -2.00. The number of phenolic OH excluding ortho intramolecular Hbond substituents is 1. The Balaban J connectivity index is 1.96. The second-order valence-corrected chi connectivity index (χ2v) is 10.7. The van der Waals surface area contributed by atoms with E-state index in [2.05, 4.69) is 19.6 Å². The molecular weight excluding hydrogens is 538 g/mol. The van der Waals surface area contributed by atoms with E-state index in [1.54, 1.807) is 24.3 Å². The number of fused-ring (bicyclic) bond motifs is 2. The van der Waals surface area contributed by atoms with Crippen molar-refractivity contribution in [2.24, 2.45) is 10.2 Å². The predicted octanol–water partition coefficient (Wildman–Crippen LogP) is 4.62. The van der Waals surface area contributed by atoms with Crippen molar-refractivity contribution in [3.63, 3.8) is 0 Å². The lowest BCUT2D eigenvalue weighted by Gasteiger charge is -2.12. The molecule has 0 amide bonds. The van der Waals surface area contributed by atoms with E-state index in [1.807, 2.05) is 0 Å². The fraction of sp³-hybridized carbons (Fsp3) is 0. The summed E-state index contributed by atoms with van der Waals surface area (Å²) in [6.45, 7) is 0. The fourth-order valence-corrected chi connectivity index (χ4v) is 5.42. The van der Waals surface area contributed by atoms with E-state index in [0.717, 1.165) is 12.1 Å². The van der Waals surface area contributed by atoms with Crippen LogP contribution in [-0.2, 0) is 29.6 Å². The van der Waals surface area contributed by atoms with Gasteiger partial charge in [0.15, 0.2) is 5.75 Å². The molecule has 16 heteroatoms. The van der Waals surface area contributed by atoms with Crippen LogP contribution >= 0.6 is 12.0 Å². The zero-order chi connectivity index (χ0) is 26.3. The summed E-state index contributed by atoms with van der Waals surface area (Å²) in [6.07, 6.45) is 0. The molecule has 0 atom stereocenters. The van der Waals surface area contributed by atoms with Crippen LogP contribution in [0.25, 0.3) is 21.5 Å². The second-order valence-electron chi connectivity index (χ2n) is 7.19. The van der Waals surface area contributed by atoms with Crippen LogP contribution in [0.2, 0.25) is 0 Å². The summed E-state index contributed by atoms with van der Waals surface area (Å²) in [5.74, 6) is -0.617. The van der Waals surface area contributed by atoms with Gasteiger partial charge in [0.2, 0.25) is 0 Å². The number of benzene rings is 4. The highest BCUT2D eigenvalue weighted by atomic mass is 32.2. The monoisotopic (exact) mass is 553 g/mol. The van der Waals surface area contributed by atoms with Gasteiger partial charge in [0.05, 0.1) is 21.8 Å². The Morgan fingerprint density at radius 1 is 0.889 bits per heavy atom. The van der Waals surface area contributed by atoms with Crippen LogP contribution in [0.1, 0.15) is 0 Å². The van der Waals surface area contributed by atoms with E-state index >= 15 is 0 Å². The van der Waals surface area contributed by atoms with E-state index < -0.39 is 35.8 Å². The van der Waals surface area contributed by atoms with Gasteiger partial charge in [-0.25, -0.2) is 5.26 Å². The van der Waals surface area contributed by atoms with E-state index in [0.29, 0.717) is 17.4 Å². The number of nitrogens with zero attached hydrogens (tertiary/aromatic N) is 2. The number of nitrogen functional groups attached to an aromatic ring is 1. The summed E-state index contributed by atoms with van der Waals surface area (Å²) in [5, 5.41) is 31.5. The minimum absolute atomic E-state index is 0.0347. The van der Waals surface area contributed by atoms with Crippen LogP contribution in [0.15, 0.2) is 79.5 Å². The molecule has 4 aromatic carbocycles. The van der Waals surface area contributed by atoms with Gasteiger partial charge < -0.3 is 10.8 Å². The van der Waals surface area contributed by atoms with Crippen molar-refractivity contribution in [1.82, 2.24) is 0 Å². The van der Waals surface area contributed by atoms with Crippen molar-refractivity contribution in [2.75, 3.05) is 5.73 Å². The molecule has 0 aliphatic carbocycles. The molecule has 0 aliphatic rings. The molecule has 0 saturated heterocycles. The topological polar surface area (TPSA) is 218 Å². The molecule has 0 unspecified atom stereocenters.